The maximum atomic E-state index is 12.2. The molecule has 4 aromatic rings. The molecule has 0 aliphatic rings. The van der Waals surface area contributed by atoms with Crippen LogP contribution in [0.3, 0.4) is 0 Å². The number of benzene rings is 3. The molecule has 0 aliphatic carbocycles. The molecule has 136 valence electrons. The molecule has 4 nitrogen and oxygen atoms in total. The first kappa shape index (κ1) is 17.8. The lowest BCUT2D eigenvalue weighted by atomic mass is 10.1. The molecule has 0 aliphatic heterocycles. The number of nitrogens with zero attached hydrogens (tertiary/aromatic N) is 1. The first-order chi connectivity index (χ1) is 13.8. The predicted molar refractivity (Wildman–Crippen MR) is 114 cm³/mol. The zero-order valence-corrected chi connectivity index (χ0v) is 15.8. The second-order valence-electron chi connectivity index (χ2n) is 6.08. The Bertz CT molecular complexity index is 1140. The van der Waals surface area contributed by atoms with Gasteiger partial charge in [-0.05, 0) is 42.5 Å². The minimum Gasteiger partial charge on any atom is -0.331 e. The molecule has 2 N–H and O–H groups in total. The summed E-state index contributed by atoms with van der Waals surface area (Å²) in [5.41, 5.74) is 3.44. The lowest BCUT2D eigenvalue weighted by molar-refractivity contribution is 0.251. The van der Waals surface area contributed by atoms with Crippen LogP contribution in [0.1, 0.15) is 16.1 Å². The average molecular weight is 383 g/mol. The summed E-state index contributed by atoms with van der Waals surface area (Å²) < 4.78 is 1.12. The van der Waals surface area contributed by atoms with Crippen LogP contribution in [0.2, 0.25) is 0 Å². The molecule has 0 saturated heterocycles. The van der Waals surface area contributed by atoms with Crippen molar-refractivity contribution < 1.29 is 4.79 Å². The largest absolute Gasteiger partial charge is 0.331 e. The second kappa shape index (κ2) is 8.38. The monoisotopic (exact) mass is 383 g/mol. The molecule has 0 saturated carbocycles. The molecule has 0 bridgehead atoms. The van der Waals surface area contributed by atoms with Crippen LogP contribution in [0, 0.1) is 11.8 Å². The number of nitrogens with one attached hydrogen (secondary N) is 2. The van der Waals surface area contributed by atoms with Crippen LogP contribution >= 0.6 is 11.3 Å². The van der Waals surface area contributed by atoms with E-state index in [-0.39, 0.29) is 6.03 Å². The molecule has 0 radical (unpaired) electrons. The number of hydrogen-bond donors (Lipinski definition) is 2. The van der Waals surface area contributed by atoms with Gasteiger partial charge in [-0.3, -0.25) is 0 Å². The van der Waals surface area contributed by atoms with Crippen molar-refractivity contribution in [3.8, 4) is 11.8 Å². The smallest absolute Gasteiger partial charge is 0.319 e. The number of anilines is 1. The number of carbonyl (C=O) groups excluding carboxylic acids is 1. The zero-order chi connectivity index (χ0) is 19.2. The zero-order valence-electron chi connectivity index (χ0n) is 15.0. The third-order valence-electron chi connectivity index (χ3n) is 3.98. The Labute approximate surface area is 167 Å². The van der Waals surface area contributed by atoms with Gasteiger partial charge in [0.2, 0.25) is 0 Å². The maximum Gasteiger partial charge on any atom is 0.319 e. The number of rotatable bonds is 3. The first-order valence-corrected chi connectivity index (χ1v) is 9.64. The van der Waals surface area contributed by atoms with Crippen LogP contribution < -0.4 is 10.6 Å². The van der Waals surface area contributed by atoms with E-state index in [1.54, 1.807) is 11.3 Å². The van der Waals surface area contributed by atoms with Crippen molar-refractivity contribution in [3.63, 3.8) is 0 Å². The Morgan fingerprint density at radius 3 is 2.50 bits per heavy atom. The van der Waals surface area contributed by atoms with Gasteiger partial charge in [-0.15, -0.1) is 11.3 Å². The molecule has 1 aromatic heterocycles. The average Bonchev–Trinajstić information content (AvgIpc) is 3.15. The van der Waals surface area contributed by atoms with Gasteiger partial charge in [0.15, 0.2) is 0 Å². The summed E-state index contributed by atoms with van der Waals surface area (Å²) in [5.74, 6) is 6.23. The van der Waals surface area contributed by atoms with Gasteiger partial charge in [0, 0.05) is 16.8 Å². The summed E-state index contributed by atoms with van der Waals surface area (Å²) in [6.45, 7) is 0.388. The number of thiazole rings is 1. The molecule has 5 heteroatoms. The molecule has 0 atom stereocenters. The summed E-state index contributed by atoms with van der Waals surface area (Å²) in [7, 11) is 0. The molecule has 0 fully saturated rings. The standard InChI is InChI=1S/C23H17N3OS/c27-23(24-16-22-26-20-11-4-5-12-21(20)28-22)25-19-10-6-9-18(15-19)14-13-17-7-2-1-3-8-17/h1-12,15H,16H2,(H2,24,25,27). The quantitative estimate of drug-likeness (QED) is 0.488. The molecular weight excluding hydrogens is 366 g/mol. The molecule has 28 heavy (non-hydrogen) atoms. The normalized spacial score (nSPS) is 10.1. The molecule has 4 rings (SSSR count). The Morgan fingerprint density at radius 1 is 0.893 bits per heavy atom. The van der Waals surface area contributed by atoms with E-state index in [4.69, 9.17) is 0 Å². The van der Waals surface area contributed by atoms with E-state index in [1.807, 2.05) is 78.9 Å². The molecule has 1 heterocycles. The number of para-hydroxylation sites is 1. The van der Waals surface area contributed by atoms with Crippen LogP contribution in [0.4, 0.5) is 10.5 Å². The summed E-state index contributed by atoms with van der Waals surface area (Å²) in [6.07, 6.45) is 0. The predicted octanol–water partition coefficient (Wildman–Crippen LogP) is 5.02. The van der Waals surface area contributed by atoms with Crippen LogP contribution in [0.5, 0.6) is 0 Å². The van der Waals surface area contributed by atoms with Gasteiger partial charge in [-0.2, -0.15) is 0 Å². The Morgan fingerprint density at radius 2 is 1.64 bits per heavy atom. The molecule has 0 spiro atoms. The van der Waals surface area contributed by atoms with Crippen molar-refractivity contribution in [1.29, 1.82) is 0 Å². The maximum absolute atomic E-state index is 12.2. The van der Waals surface area contributed by atoms with Gasteiger partial charge in [0.1, 0.15) is 5.01 Å². The lowest BCUT2D eigenvalue weighted by Crippen LogP contribution is -2.28. The number of hydrogen-bond acceptors (Lipinski definition) is 3. The summed E-state index contributed by atoms with van der Waals surface area (Å²) in [6, 6.07) is 24.9. The number of fused-ring (bicyclic) bond motifs is 1. The molecular formula is C23H17N3OS. The van der Waals surface area contributed by atoms with E-state index in [0.717, 1.165) is 26.4 Å². The van der Waals surface area contributed by atoms with Crippen LogP contribution in [0.15, 0.2) is 78.9 Å². The fraction of sp³-hybridized carbons (Fsp3) is 0.0435. The van der Waals surface area contributed by atoms with Crippen LogP contribution in [-0.4, -0.2) is 11.0 Å². The van der Waals surface area contributed by atoms with E-state index in [2.05, 4.69) is 27.5 Å². The van der Waals surface area contributed by atoms with Crippen molar-refractivity contribution in [1.82, 2.24) is 10.3 Å². The molecule has 2 amide bonds. The van der Waals surface area contributed by atoms with Gasteiger partial charge in [0.05, 0.1) is 16.8 Å². The highest BCUT2D eigenvalue weighted by molar-refractivity contribution is 7.18. The fourth-order valence-electron chi connectivity index (χ4n) is 2.67. The van der Waals surface area contributed by atoms with E-state index < -0.39 is 0 Å². The SMILES string of the molecule is O=C(NCc1nc2ccccc2s1)Nc1cccc(C#Cc2ccccc2)c1. The third-order valence-corrected chi connectivity index (χ3v) is 5.02. The highest BCUT2D eigenvalue weighted by Gasteiger charge is 2.06. The Hall–Kier alpha value is -3.62. The van der Waals surface area contributed by atoms with E-state index in [9.17, 15) is 4.79 Å². The summed E-state index contributed by atoms with van der Waals surface area (Å²) >= 11 is 1.58. The highest BCUT2D eigenvalue weighted by atomic mass is 32.1. The van der Waals surface area contributed by atoms with Crippen molar-refractivity contribution in [2.75, 3.05) is 5.32 Å². The minimum atomic E-state index is -0.271. The number of amides is 2. The highest BCUT2D eigenvalue weighted by Crippen LogP contribution is 2.21. The van der Waals surface area contributed by atoms with Crippen molar-refractivity contribution >= 4 is 33.3 Å². The van der Waals surface area contributed by atoms with Crippen LogP contribution in [0.25, 0.3) is 10.2 Å². The van der Waals surface area contributed by atoms with Crippen LogP contribution in [-0.2, 0) is 6.54 Å². The summed E-state index contributed by atoms with van der Waals surface area (Å²) in [4.78, 5) is 16.7. The fourth-order valence-corrected chi connectivity index (χ4v) is 3.57. The van der Waals surface area contributed by atoms with E-state index in [1.165, 1.54) is 0 Å². The Balaban J connectivity index is 1.37. The number of aromatic nitrogens is 1. The van der Waals surface area contributed by atoms with Gasteiger partial charge in [0.25, 0.3) is 0 Å². The van der Waals surface area contributed by atoms with Crippen molar-refractivity contribution in [3.05, 3.63) is 95.0 Å². The topological polar surface area (TPSA) is 54.0 Å². The minimum absolute atomic E-state index is 0.271. The second-order valence-corrected chi connectivity index (χ2v) is 7.20. The lowest BCUT2D eigenvalue weighted by Gasteiger charge is -2.06. The van der Waals surface area contributed by atoms with E-state index >= 15 is 0 Å². The number of urea groups is 1. The number of carbonyl (C=O) groups is 1. The molecule has 0 unspecified atom stereocenters. The van der Waals surface area contributed by atoms with Crippen molar-refractivity contribution in [2.24, 2.45) is 0 Å². The van der Waals surface area contributed by atoms with Gasteiger partial charge in [-0.1, -0.05) is 48.2 Å². The third kappa shape index (κ3) is 4.56. The first-order valence-electron chi connectivity index (χ1n) is 8.83. The van der Waals surface area contributed by atoms with Gasteiger partial charge in [-0.25, -0.2) is 9.78 Å². The summed E-state index contributed by atoms with van der Waals surface area (Å²) in [5, 5.41) is 6.56. The Kier molecular flexibility index (Phi) is 5.32. The van der Waals surface area contributed by atoms with Crippen molar-refractivity contribution in [2.45, 2.75) is 6.54 Å². The van der Waals surface area contributed by atoms with Gasteiger partial charge >= 0.3 is 6.03 Å². The molecule has 3 aromatic carbocycles. The van der Waals surface area contributed by atoms with E-state index in [0.29, 0.717) is 12.2 Å². The van der Waals surface area contributed by atoms with Gasteiger partial charge < -0.3 is 10.6 Å².